The highest BCUT2D eigenvalue weighted by Gasteiger charge is 2.13. The average Bonchev–Trinajstić information content (AvgIpc) is 3.12. The third-order valence-electron chi connectivity index (χ3n) is 3.33. The fourth-order valence-electron chi connectivity index (χ4n) is 2.33. The van der Waals surface area contributed by atoms with E-state index in [1.165, 1.54) is 0 Å². The van der Waals surface area contributed by atoms with E-state index in [0.29, 0.717) is 18.2 Å². The molecule has 0 bridgehead atoms. The van der Waals surface area contributed by atoms with Crippen LogP contribution in [0.15, 0.2) is 34.9 Å². The lowest BCUT2D eigenvalue weighted by Gasteiger charge is -2.07. The second-order valence-corrected chi connectivity index (χ2v) is 5.02. The first-order chi connectivity index (χ1) is 10.3. The molecule has 0 aliphatic rings. The first kappa shape index (κ1) is 13.9. The summed E-state index contributed by atoms with van der Waals surface area (Å²) in [6, 6.07) is 7.59. The van der Waals surface area contributed by atoms with E-state index in [1.54, 1.807) is 13.4 Å². The smallest absolute Gasteiger partial charge is 0.215 e. The summed E-state index contributed by atoms with van der Waals surface area (Å²) < 4.78 is 12.7. The number of aryl methyl sites for hydroxylation is 3. The Morgan fingerprint density at radius 2 is 2.14 bits per heavy atom. The molecule has 0 aliphatic heterocycles. The van der Waals surface area contributed by atoms with Gasteiger partial charge in [-0.1, -0.05) is 0 Å². The molecule has 0 aliphatic carbocycles. The van der Waals surface area contributed by atoms with Crippen molar-refractivity contribution in [2.24, 2.45) is 0 Å². The maximum Gasteiger partial charge on any atom is 0.215 e. The first-order valence-electron chi connectivity index (χ1n) is 6.80. The minimum absolute atomic E-state index is 0.529. The summed E-state index contributed by atoms with van der Waals surface area (Å²) in [7, 11) is 1.61. The highest BCUT2D eigenvalue weighted by molar-refractivity contribution is 6.17. The second-order valence-electron chi connectivity index (χ2n) is 4.64. The number of hydrogen-bond acceptors (Lipinski definition) is 4. The summed E-state index contributed by atoms with van der Waals surface area (Å²) in [6.07, 6.45) is 3.17. The molecule has 3 aromatic heterocycles. The third kappa shape index (κ3) is 2.88. The van der Waals surface area contributed by atoms with Crippen molar-refractivity contribution in [3.63, 3.8) is 0 Å². The van der Waals surface area contributed by atoms with Crippen LogP contribution in [0.3, 0.4) is 0 Å². The van der Waals surface area contributed by atoms with Crippen molar-refractivity contribution in [2.75, 3.05) is 13.0 Å². The normalized spacial score (nSPS) is 11.1. The van der Waals surface area contributed by atoms with Crippen LogP contribution in [0, 0.1) is 0 Å². The number of rotatable bonds is 6. The van der Waals surface area contributed by atoms with Gasteiger partial charge in [-0.25, -0.2) is 4.98 Å². The van der Waals surface area contributed by atoms with Gasteiger partial charge in [0.05, 0.1) is 13.4 Å². The van der Waals surface area contributed by atoms with Gasteiger partial charge in [-0.2, -0.15) is 4.98 Å². The standard InChI is InChI=1S/C15H16ClN3O2/c1-20-14-5-4-12-15(18-14)19(13(17-12)6-8-16)9-7-11-3-2-10-21-11/h2-5,10H,6-9H2,1H3. The number of halogens is 1. The summed E-state index contributed by atoms with van der Waals surface area (Å²) >= 11 is 5.88. The van der Waals surface area contributed by atoms with Crippen LogP contribution in [0.5, 0.6) is 5.88 Å². The van der Waals surface area contributed by atoms with Gasteiger partial charge in [-0.15, -0.1) is 11.6 Å². The van der Waals surface area contributed by atoms with Gasteiger partial charge >= 0.3 is 0 Å². The van der Waals surface area contributed by atoms with Gasteiger partial charge in [0, 0.05) is 31.3 Å². The Morgan fingerprint density at radius 3 is 2.86 bits per heavy atom. The highest BCUT2D eigenvalue weighted by Crippen LogP contribution is 2.19. The van der Waals surface area contributed by atoms with E-state index < -0.39 is 0 Å². The molecule has 3 aromatic rings. The highest BCUT2D eigenvalue weighted by atomic mass is 35.5. The van der Waals surface area contributed by atoms with Crippen LogP contribution in [0.4, 0.5) is 0 Å². The molecule has 0 saturated heterocycles. The van der Waals surface area contributed by atoms with Crippen LogP contribution in [0.25, 0.3) is 11.2 Å². The molecule has 110 valence electrons. The number of fused-ring (bicyclic) bond motifs is 1. The van der Waals surface area contributed by atoms with Crippen LogP contribution in [0.2, 0.25) is 0 Å². The number of aromatic nitrogens is 3. The molecule has 0 amide bonds. The molecule has 5 nitrogen and oxygen atoms in total. The lowest BCUT2D eigenvalue weighted by atomic mass is 10.3. The maximum atomic E-state index is 5.88. The topological polar surface area (TPSA) is 53.1 Å². The van der Waals surface area contributed by atoms with Gasteiger partial charge < -0.3 is 13.7 Å². The first-order valence-corrected chi connectivity index (χ1v) is 7.33. The fraction of sp³-hybridized carbons (Fsp3) is 0.333. The number of furan rings is 1. The van der Waals surface area contributed by atoms with Crippen molar-refractivity contribution in [1.29, 1.82) is 0 Å². The van der Waals surface area contributed by atoms with Crippen molar-refractivity contribution in [2.45, 2.75) is 19.4 Å². The van der Waals surface area contributed by atoms with Crippen molar-refractivity contribution in [1.82, 2.24) is 14.5 Å². The Bertz CT molecular complexity index is 722. The Morgan fingerprint density at radius 1 is 1.24 bits per heavy atom. The van der Waals surface area contributed by atoms with Crippen LogP contribution < -0.4 is 4.74 Å². The minimum atomic E-state index is 0.529. The molecule has 0 atom stereocenters. The van der Waals surface area contributed by atoms with E-state index in [1.807, 2.05) is 24.3 Å². The van der Waals surface area contributed by atoms with Crippen LogP contribution in [0.1, 0.15) is 11.6 Å². The molecule has 0 fully saturated rings. The molecule has 0 radical (unpaired) electrons. The largest absolute Gasteiger partial charge is 0.481 e. The van der Waals surface area contributed by atoms with Crippen molar-refractivity contribution in [3.8, 4) is 5.88 Å². The van der Waals surface area contributed by atoms with Gasteiger partial charge in [-0.05, 0) is 18.2 Å². The number of ether oxygens (including phenoxy) is 1. The van der Waals surface area contributed by atoms with E-state index >= 15 is 0 Å². The molecule has 3 rings (SSSR count). The average molecular weight is 306 g/mol. The van der Waals surface area contributed by atoms with E-state index in [9.17, 15) is 0 Å². The van der Waals surface area contributed by atoms with E-state index in [2.05, 4.69) is 14.5 Å². The Hall–Kier alpha value is -2.01. The summed E-state index contributed by atoms with van der Waals surface area (Å²) in [6.45, 7) is 0.746. The minimum Gasteiger partial charge on any atom is -0.481 e. The van der Waals surface area contributed by atoms with Gasteiger partial charge in [0.2, 0.25) is 5.88 Å². The Labute approximate surface area is 127 Å². The summed E-state index contributed by atoms with van der Waals surface area (Å²) in [5.74, 6) is 2.99. The van der Waals surface area contributed by atoms with Gasteiger partial charge in [-0.3, -0.25) is 0 Å². The zero-order valence-electron chi connectivity index (χ0n) is 11.8. The zero-order chi connectivity index (χ0) is 14.7. The van der Waals surface area contributed by atoms with Crippen LogP contribution in [-0.4, -0.2) is 27.5 Å². The molecule has 0 saturated carbocycles. The van der Waals surface area contributed by atoms with Crippen molar-refractivity contribution >= 4 is 22.8 Å². The Kier molecular flexibility index (Phi) is 4.10. The zero-order valence-corrected chi connectivity index (χ0v) is 12.5. The molecular formula is C15H16ClN3O2. The number of pyridine rings is 1. The fourth-order valence-corrected chi connectivity index (χ4v) is 2.50. The van der Waals surface area contributed by atoms with E-state index in [0.717, 1.165) is 35.7 Å². The number of imidazole rings is 1. The van der Waals surface area contributed by atoms with Crippen LogP contribution >= 0.6 is 11.6 Å². The third-order valence-corrected chi connectivity index (χ3v) is 3.52. The quantitative estimate of drug-likeness (QED) is 0.657. The monoisotopic (exact) mass is 305 g/mol. The lowest BCUT2D eigenvalue weighted by Crippen LogP contribution is -2.07. The summed E-state index contributed by atoms with van der Waals surface area (Å²) in [5, 5.41) is 0. The molecule has 0 N–H and O–H groups in total. The van der Waals surface area contributed by atoms with E-state index in [-0.39, 0.29) is 0 Å². The molecule has 0 aromatic carbocycles. The number of nitrogens with zero attached hydrogens (tertiary/aromatic N) is 3. The molecule has 0 unspecified atom stereocenters. The van der Waals surface area contributed by atoms with Crippen molar-refractivity contribution in [3.05, 3.63) is 42.1 Å². The Balaban J connectivity index is 1.97. The molecule has 3 heterocycles. The van der Waals surface area contributed by atoms with E-state index in [4.69, 9.17) is 20.8 Å². The SMILES string of the molecule is COc1ccc2nc(CCCl)n(CCc3ccco3)c2n1. The summed E-state index contributed by atoms with van der Waals surface area (Å²) in [4.78, 5) is 9.11. The maximum absolute atomic E-state index is 5.88. The van der Waals surface area contributed by atoms with Gasteiger partial charge in [0.1, 0.15) is 17.1 Å². The molecule has 6 heteroatoms. The number of hydrogen-bond donors (Lipinski definition) is 0. The predicted octanol–water partition coefficient (Wildman–Crippen LogP) is 3.06. The van der Waals surface area contributed by atoms with Crippen LogP contribution in [-0.2, 0) is 19.4 Å². The number of methoxy groups -OCH3 is 1. The van der Waals surface area contributed by atoms with Crippen molar-refractivity contribution < 1.29 is 9.15 Å². The van der Waals surface area contributed by atoms with Gasteiger partial charge in [0.25, 0.3) is 0 Å². The predicted molar refractivity (Wildman–Crippen MR) is 80.9 cm³/mol. The summed E-state index contributed by atoms with van der Waals surface area (Å²) in [5.41, 5.74) is 1.68. The second kappa shape index (κ2) is 6.18. The lowest BCUT2D eigenvalue weighted by molar-refractivity contribution is 0.398. The number of alkyl halides is 1. The molecule has 0 spiro atoms. The molecular weight excluding hydrogens is 290 g/mol. The molecule has 21 heavy (non-hydrogen) atoms. The van der Waals surface area contributed by atoms with Gasteiger partial charge in [0.15, 0.2) is 5.65 Å².